The fraction of sp³-hybridized carbons (Fsp3) is 0.333. The Hall–Kier alpha value is -3.02. The summed E-state index contributed by atoms with van der Waals surface area (Å²) in [6.45, 7) is 4.96. The van der Waals surface area contributed by atoms with Crippen molar-refractivity contribution in [3.63, 3.8) is 0 Å². The molecule has 140 valence electrons. The van der Waals surface area contributed by atoms with E-state index < -0.39 is 0 Å². The number of carbonyl (C=O) groups excluding carboxylic acids is 1. The number of fused-ring (bicyclic) bond motifs is 1. The zero-order valence-electron chi connectivity index (χ0n) is 15.5. The van der Waals surface area contributed by atoms with Crippen LogP contribution in [0.3, 0.4) is 0 Å². The molecule has 6 nitrogen and oxygen atoms in total. The van der Waals surface area contributed by atoms with Crippen molar-refractivity contribution in [2.45, 2.75) is 26.4 Å². The summed E-state index contributed by atoms with van der Waals surface area (Å²) in [6, 6.07) is 11.8. The first kappa shape index (κ1) is 17.4. The second-order valence-corrected chi connectivity index (χ2v) is 7.07. The van der Waals surface area contributed by atoms with Crippen molar-refractivity contribution >= 4 is 11.7 Å². The van der Waals surface area contributed by atoms with Crippen molar-refractivity contribution in [3.05, 3.63) is 72.1 Å². The topological polar surface area (TPSA) is 63.3 Å². The van der Waals surface area contributed by atoms with Crippen LogP contribution < -0.4 is 5.32 Å². The molecule has 1 N–H and O–H groups in total. The monoisotopic (exact) mass is 364 g/mol. The summed E-state index contributed by atoms with van der Waals surface area (Å²) in [7, 11) is 0. The number of hydrogen-bond acceptors (Lipinski definition) is 4. The molecule has 0 spiro atoms. The molecule has 0 saturated heterocycles. The van der Waals surface area contributed by atoms with E-state index in [1.165, 1.54) is 0 Å². The van der Waals surface area contributed by atoms with Gasteiger partial charge < -0.3 is 19.2 Å². The van der Waals surface area contributed by atoms with Gasteiger partial charge in [-0.25, -0.2) is 4.98 Å². The molecule has 1 amide bonds. The molecule has 0 radical (unpaired) electrons. The third kappa shape index (κ3) is 3.89. The van der Waals surface area contributed by atoms with E-state index in [-0.39, 0.29) is 5.91 Å². The minimum Gasteiger partial charge on any atom is -0.459 e. The lowest BCUT2D eigenvalue weighted by molar-refractivity contribution is 0.0686. The predicted molar refractivity (Wildman–Crippen MR) is 103 cm³/mol. The summed E-state index contributed by atoms with van der Waals surface area (Å²) in [5, 5.41) is 3.37. The van der Waals surface area contributed by atoms with Crippen LogP contribution in [0.4, 0.5) is 5.82 Å². The number of amides is 1. The van der Waals surface area contributed by atoms with Crippen LogP contribution in [0.1, 0.15) is 28.2 Å². The highest BCUT2D eigenvalue weighted by Crippen LogP contribution is 2.22. The maximum Gasteiger partial charge on any atom is 0.290 e. The maximum atomic E-state index is 13.0. The van der Waals surface area contributed by atoms with Crippen LogP contribution in [-0.4, -0.2) is 33.4 Å². The van der Waals surface area contributed by atoms with Gasteiger partial charge >= 0.3 is 0 Å². The first-order valence-corrected chi connectivity index (χ1v) is 9.33. The highest BCUT2D eigenvalue weighted by atomic mass is 16.3. The Balaban J connectivity index is 1.47. The number of aromatic nitrogens is 2. The normalized spacial score (nSPS) is 16.6. The molecular weight excluding hydrogens is 340 g/mol. The van der Waals surface area contributed by atoms with E-state index >= 15 is 0 Å². The number of aryl methyl sites for hydroxylation is 1. The second kappa shape index (κ2) is 7.70. The predicted octanol–water partition coefficient (Wildman–Crippen LogP) is 3.56. The number of rotatable bonds is 5. The van der Waals surface area contributed by atoms with Gasteiger partial charge in [-0.1, -0.05) is 6.07 Å². The molecular formula is C21H24N4O2. The molecule has 4 heterocycles. The molecule has 0 saturated carbocycles. The first-order chi connectivity index (χ1) is 13.2. The van der Waals surface area contributed by atoms with Crippen LogP contribution >= 0.6 is 0 Å². The van der Waals surface area contributed by atoms with Gasteiger partial charge in [0.05, 0.1) is 12.8 Å². The van der Waals surface area contributed by atoms with E-state index in [1.54, 1.807) is 12.5 Å². The minimum absolute atomic E-state index is 0.0326. The van der Waals surface area contributed by atoms with Gasteiger partial charge in [0, 0.05) is 43.3 Å². The van der Waals surface area contributed by atoms with E-state index in [1.807, 2.05) is 42.2 Å². The summed E-state index contributed by atoms with van der Waals surface area (Å²) >= 11 is 0. The van der Waals surface area contributed by atoms with Gasteiger partial charge in [-0.15, -0.1) is 0 Å². The molecule has 6 heteroatoms. The van der Waals surface area contributed by atoms with Crippen LogP contribution in [0.25, 0.3) is 0 Å². The number of carbonyl (C=O) groups is 1. The van der Waals surface area contributed by atoms with Gasteiger partial charge in [0.15, 0.2) is 5.76 Å². The van der Waals surface area contributed by atoms with E-state index in [0.717, 1.165) is 36.6 Å². The van der Waals surface area contributed by atoms with Crippen LogP contribution in [0.15, 0.2) is 59.5 Å². The molecule has 0 fully saturated rings. The van der Waals surface area contributed by atoms with Crippen LogP contribution in [0.2, 0.25) is 0 Å². The molecule has 4 rings (SSSR count). The molecule has 1 aliphatic heterocycles. The van der Waals surface area contributed by atoms with Crippen molar-refractivity contribution in [1.82, 2.24) is 14.5 Å². The van der Waals surface area contributed by atoms with Gasteiger partial charge in [0.2, 0.25) is 0 Å². The largest absolute Gasteiger partial charge is 0.459 e. The standard InChI is InChI=1S/C21H24N4O2/c1-16-8-12-27-20(16)21(26)25-14-17(13-24-11-4-5-18(24)15-25)7-10-23-19-6-2-3-9-22-19/h2-6,8-9,11-12,17H,7,10,13-15H2,1H3,(H,22,23). The van der Waals surface area contributed by atoms with E-state index in [9.17, 15) is 4.79 Å². The SMILES string of the molecule is Cc1ccoc1C(=O)N1Cc2cccn2CC(CCNc2ccccn2)C1. The molecule has 1 aliphatic rings. The fourth-order valence-corrected chi connectivity index (χ4v) is 3.62. The van der Waals surface area contributed by atoms with Crippen LogP contribution in [-0.2, 0) is 13.1 Å². The Labute approximate surface area is 158 Å². The number of nitrogens with one attached hydrogen (secondary N) is 1. The Bertz CT molecular complexity index is 900. The minimum atomic E-state index is -0.0326. The lowest BCUT2D eigenvalue weighted by atomic mass is 10.0. The zero-order valence-corrected chi connectivity index (χ0v) is 15.5. The highest BCUT2D eigenvalue weighted by molar-refractivity contribution is 5.92. The summed E-state index contributed by atoms with van der Waals surface area (Å²) < 4.78 is 7.70. The Morgan fingerprint density at radius 1 is 1.26 bits per heavy atom. The molecule has 3 aromatic rings. The summed E-state index contributed by atoms with van der Waals surface area (Å²) in [6.07, 6.45) is 6.42. The highest BCUT2D eigenvalue weighted by Gasteiger charge is 2.27. The van der Waals surface area contributed by atoms with E-state index in [2.05, 4.69) is 27.1 Å². The van der Waals surface area contributed by atoms with Crippen LogP contribution in [0, 0.1) is 12.8 Å². The van der Waals surface area contributed by atoms with Gasteiger partial charge in [0.25, 0.3) is 5.91 Å². The molecule has 0 bridgehead atoms. The Kier molecular flexibility index (Phi) is 4.96. The lowest BCUT2D eigenvalue weighted by Crippen LogP contribution is -2.34. The van der Waals surface area contributed by atoms with Crippen molar-refractivity contribution < 1.29 is 9.21 Å². The van der Waals surface area contributed by atoms with Crippen molar-refractivity contribution in [3.8, 4) is 0 Å². The molecule has 27 heavy (non-hydrogen) atoms. The molecule has 3 aromatic heterocycles. The smallest absolute Gasteiger partial charge is 0.290 e. The number of furan rings is 1. The number of nitrogens with zero attached hydrogens (tertiary/aromatic N) is 3. The molecule has 1 atom stereocenters. The van der Waals surface area contributed by atoms with Gasteiger partial charge in [-0.2, -0.15) is 0 Å². The van der Waals surface area contributed by atoms with Crippen molar-refractivity contribution in [2.24, 2.45) is 5.92 Å². The average Bonchev–Trinajstić information content (AvgIpc) is 3.26. The molecule has 1 unspecified atom stereocenters. The third-order valence-corrected chi connectivity index (χ3v) is 5.08. The number of anilines is 1. The molecule has 0 aromatic carbocycles. The van der Waals surface area contributed by atoms with Crippen molar-refractivity contribution in [2.75, 3.05) is 18.4 Å². The second-order valence-electron chi connectivity index (χ2n) is 7.07. The quantitative estimate of drug-likeness (QED) is 0.752. The number of pyridine rings is 1. The Morgan fingerprint density at radius 2 is 2.19 bits per heavy atom. The summed E-state index contributed by atoms with van der Waals surface area (Å²) in [5.74, 6) is 1.65. The van der Waals surface area contributed by atoms with Crippen molar-refractivity contribution in [1.29, 1.82) is 0 Å². The van der Waals surface area contributed by atoms with Gasteiger partial charge in [-0.3, -0.25) is 4.79 Å². The van der Waals surface area contributed by atoms with E-state index in [0.29, 0.717) is 24.8 Å². The first-order valence-electron chi connectivity index (χ1n) is 9.33. The van der Waals surface area contributed by atoms with Gasteiger partial charge in [0.1, 0.15) is 5.82 Å². The Morgan fingerprint density at radius 3 is 2.96 bits per heavy atom. The van der Waals surface area contributed by atoms with Gasteiger partial charge in [-0.05, 0) is 49.6 Å². The third-order valence-electron chi connectivity index (χ3n) is 5.08. The van der Waals surface area contributed by atoms with E-state index in [4.69, 9.17) is 4.42 Å². The molecule has 0 aliphatic carbocycles. The average molecular weight is 364 g/mol. The maximum absolute atomic E-state index is 13.0. The summed E-state index contributed by atoms with van der Waals surface area (Å²) in [5.41, 5.74) is 2.04. The fourth-order valence-electron chi connectivity index (χ4n) is 3.62. The summed E-state index contributed by atoms with van der Waals surface area (Å²) in [4.78, 5) is 19.2. The number of hydrogen-bond donors (Lipinski definition) is 1. The van der Waals surface area contributed by atoms with Crippen LogP contribution in [0.5, 0.6) is 0 Å². The lowest BCUT2D eigenvalue weighted by Gasteiger charge is -2.24. The zero-order chi connectivity index (χ0) is 18.6.